The summed E-state index contributed by atoms with van der Waals surface area (Å²) in [7, 11) is 2.89. The first kappa shape index (κ1) is 16.2. The van der Waals surface area contributed by atoms with Crippen LogP contribution in [-0.2, 0) is 6.54 Å². The smallest absolute Gasteiger partial charge is 0.285 e. The monoisotopic (exact) mass is 318 g/mol. The van der Waals surface area contributed by atoms with Crippen molar-refractivity contribution in [2.75, 3.05) is 14.2 Å². The van der Waals surface area contributed by atoms with Gasteiger partial charge in [-0.2, -0.15) is 0 Å². The molecule has 1 aromatic carbocycles. The summed E-state index contributed by atoms with van der Waals surface area (Å²) in [5, 5.41) is 10.8. The van der Waals surface area contributed by atoms with E-state index >= 15 is 0 Å². The average molecular weight is 318 g/mol. The zero-order valence-electron chi connectivity index (χ0n) is 12.5. The number of carbonyl (C=O) groups excluding carboxylic acids is 1. The van der Waals surface area contributed by atoms with Crippen LogP contribution in [0.1, 0.15) is 10.4 Å². The quantitative estimate of drug-likeness (QED) is 0.456. The Morgan fingerprint density at radius 3 is 2.57 bits per heavy atom. The summed E-state index contributed by atoms with van der Waals surface area (Å²) in [6.07, 6.45) is 1.04. The van der Waals surface area contributed by atoms with Gasteiger partial charge in [0.1, 0.15) is 11.5 Å². The van der Waals surface area contributed by atoms with E-state index in [9.17, 15) is 19.7 Å². The summed E-state index contributed by atoms with van der Waals surface area (Å²) in [6.45, 7) is -0.330. The summed E-state index contributed by atoms with van der Waals surface area (Å²) in [5.41, 5.74) is -0.512. The van der Waals surface area contributed by atoms with Gasteiger partial charge in [0.15, 0.2) is 5.78 Å². The second-order valence-electron chi connectivity index (χ2n) is 4.60. The van der Waals surface area contributed by atoms with Gasteiger partial charge in [0.05, 0.1) is 37.4 Å². The predicted molar refractivity (Wildman–Crippen MR) is 81.2 cm³/mol. The summed E-state index contributed by atoms with van der Waals surface area (Å²) in [6, 6.07) is 6.80. The third kappa shape index (κ3) is 3.54. The molecule has 0 unspecified atom stereocenters. The Morgan fingerprint density at radius 1 is 1.22 bits per heavy atom. The number of pyridine rings is 1. The average Bonchev–Trinajstić information content (AvgIpc) is 2.55. The molecule has 23 heavy (non-hydrogen) atoms. The molecule has 0 spiro atoms. The predicted octanol–water partition coefficient (Wildman–Crippen LogP) is 1.66. The second-order valence-corrected chi connectivity index (χ2v) is 4.60. The maximum atomic E-state index is 12.4. The summed E-state index contributed by atoms with van der Waals surface area (Å²) < 4.78 is 11.2. The van der Waals surface area contributed by atoms with E-state index in [-0.39, 0.29) is 17.8 Å². The Morgan fingerprint density at radius 2 is 1.96 bits per heavy atom. The Bertz CT molecular complexity index is 812. The highest BCUT2D eigenvalue weighted by atomic mass is 16.6. The second kappa shape index (κ2) is 6.73. The number of ketones is 1. The van der Waals surface area contributed by atoms with Crippen molar-refractivity contribution in [2.24, 2.45) is 0 Å². The first-order chi connectivity index (χ1) is 11.0. The number of ether oxygens (including phenoxy) is 2. The fourth-order valence-corrected chi connectivity index (χ4v) is 2.02. The van der Waals surface area contributed by atoms with E-state index in [0.717, 1.165) is 22.9 Å². The van der Waals surface area contributed by atoms with Gasteiger partial charge in [0.2, 0.25) is 0 Å². The molecule has 0 bridgehead atoms. The van der Waals surface area contributed by atoms with Gasteiger partial charge in [0, 0.05) is 18.2 Å². The van der Waals surface area contributed by atoms with E-state index < -0.39 is 16.3 Å². The highest BCUT2D eigenvalue weighted by Crippen LogP contribution is 2.25. The highest BCUT2D eigenvalue weighted by Gasteiger charge is 2.16. The minimum Gasteiger partial charge on any atom is -0.497 e. The van der Waals surface area contributed by atoms with E-state index in [1.165, 1.54) is 20.3 Å². The molecule has 8 nitrogen and oxygen atoms in total. The van der Waals surface area contributed by atoms with Gasteiger partial charge in [-0.3, -0.25) is 19.7 Å². The van der Waals surface area contributed by atoms with Crippen LogP contribution >= 0.6 is 0 Å². The zero-order valence-corrected chi connectivity index (χ0v) is 12.5. The number of aromatic nitrogens is 1. The van der Waals surface area contributed by atoms with Gasteiger partial charge >= 0.3 is 0 Å². The molecule has 1 aromatic heterocycles. The van der Waals surface area contributed by atoms with Crippen molar-refractivity contribution < 1.29 is 19.2 Å². The number of carbonyl (C=O) groups is 1. The van der Waals surface area contributed by atoms with Crippen LogP contribution in [0.5, 0.6) is 11.5 Å². The van der Waals surface area contributed by atoms with E-state index in [1.807, 2.05) is 0 Å². The maximum Gasteiger partial charge on any atom is 0.285 e. The van der Waals surface area contributed by atoms with Gasteiger partial charge in [0.25, 0.3) is 11.2 Å². The molecular weight excluding hydrogens is 304 g/mol. The van der Waals surface area contributed by atoms with Crippen molar-refractivity contribution in [3.8, 4) is 11.5 Å². The Labute approximate surface area is 131 Å². The van der Waals surface area contributed by atoms with Crippen LogP contribution < -0.4 is 15.0 Å². The molecule has 0 saturated carbocycles. The molecule has 0 amide bonds. The molecule has 1 heterocycles. The van der Waals surface area contributed by atoms with Crippen molar-refractivity contribution in [1.82, 2.24) is 4.57 Å². The Balaban J connectivity index is 2.34. The highest BCUT2D eigenvalue weighted by molar-refractivity contribution is 5.98. The lowest BCUT2D eigenvalue weighted by molar-refractivity contribution is -0.385. The summed E-state index contributed by atoms with van der Waals surface area (Å²) in [5.74, 6) is 0.408. The van der Waals surface area contributed by atoms with Gasteiger partial charge < -0.3 is 14.0 Å². The lowest BCUT2D eigenvalue weighted by atomic mass is 10.1. The first-order valence-electron chi connectivity index (χ1n) is 6.56. The van der Waals surface area contributed by atoms with Crippen LogP contribution in [0.2, 0.25) is 0 Å². The van der Waals surface area contributed by atoms with Crippen LogP contribution in [0.4, 0.5) is 5.69 Å². The first-order valence-corrected chi connectivity index (χ1v) is 6.56. The summed E-state index contributed by atoms with van der Waals surface area (Å²) in [4.78, 5) is 34.3. The van der Waals surface area contributed by atoms with Crippen molar-refractivity contribution in [2.45, 2.75) is 6.54 Å². The molecule has 0 fully saturated rings. The van der Waals surface area contributed by atoms with Crippen molar-refractivity contribution in [1.29, 1.82) is 0 Å². The fourth-order valence-electron chi connectivity index (χ4n) is 2.02. The molecular formula is C15H14N2O6. The molecule has 0 aliphatic carbocycles. The molecule has 2 aromatic rings. The van der Waals surface area contributed by atoms with E-state index in [0.29, 0.717) is 11.5 Å². The lowest BCUT2D eigenvalue weighted by Gasteiger charge is -2.10. The summed E-state index contributed by atoms with van der Waals surface area (Å²) >= 11 is 0. The number of rotatable bonds is 6. The maximum absolute atomic E-state index is 12.4. The largest absolute Gasteiger partial charge is 0.497 e. The number of benzene rings is 1. The Kier molecular flexibility index (Phi) is 4.75. The minimum absolute atomic E-state index is 0.256. The third-order valence-corrected chi connectivity index (χ3v) is 3.20. The number of Topliss-reactive ketones (excluding diaryl/α,β-unsaturated/α-hetero) is 1. The van der Waals surface area contributed by atoms with E-state index in [4.69, 9.17) is 9.47 Å². The molecule has 0 N–H and O–H groups in total. The minimum atomic E-state index is -0.631. The van der Waals surface area contributed by atoms with Gasteiger partial charge in [-0.05, 0) is 12.1 Å². The van der Waals surface area contributed by atoms with Crippen LogP contribution in [0, 0.1) is 10.1 Å². The topological polar surface area (TPSA) is 101 Å². The SMILES string of the molecule is COc1ccc(C(=O)Cn2cc([N+](=O)[O-])ccc2=O)c(OC)c1. The molecule has 0 aliphatic heterocycles. The molecule has 120 valence electrons. The number of hydrogen-bond acceptors (Lipinski definition) is 6. The van der Waals surface area contributed by atoms with Gasteiger partial charge in [-0.25, -0.2) is 0 Å². The molecule has 2 rings (SSSR count). The van der Waals surface area contributed by atoms with Crippen molar-refractivity contribution in [3.05, 3.63) is 62.6 Å². The number of methoxy groups -OCH3 is 2. The van der Waals surface area contributed by atoms with Crippen LogP contribution in [0.25, 0.3) is 0 Å². The molecule has 8 heteroatoms. The van der Waals surface area contributed by atoms with Gasteiger partial charge in [-0.15, -0.1) is 0 Å². The molecule has 0 saturated heterocycles. The Hall–Kier alpha value is -3.16. The van der Waals surface area contributed by atoms with Crippen LogP contribution in [0.15, 0.2) is 41.3 Å². The van der Waals surface area contributed by atoms with Crippen molar-refractivity contribution >= 4 is 11.5 Å². The molecule has 0 radical (unpaired) electrons. The van der Waals surface area contributed by atoms with Gasteiger partial charge in [-0.1, -0.05) is 0 Å². The van der Waals surface area contributed by atoms with Crippen LogP contribution in [0.3, 0.4) is 0 Å². The number of hydrogen-bond donors (Lipinski definition) is 0. The molecule has 0 atom stereocenters. The van der Waals surface area contributed by atoms with Crippen molar-refractivity contribution in [3.63, 3.8) is 0 Å². The fraction of sp³-hybridized carbons (Fsp3) is 0.200. The zero-order chi connectivity index (χ0) is 17.0. The standard InChI is InChI=1S/C15H14N2O6/c1-22-11-4-5-12(14(7-11)23-2)13(18)9-16-8-10(17(20)21)3-6-15(16)19/h3-8H,9H2,1-2H3. The molecule has 0 aliphatic rings. The van der Waals surface area contributed by atoms with E-state index in [1.54, 1.807) is 12.1 Å². The number of nitrogens with zero attached hydrogens (tertiary/aromatic N) is 2. The van der Waals surface area contributed by atoms with E-state index in [2.05, 4.69) is 0 Å². The lowest BCUT2D eigenvalue weighted by Crippen LogP contribution is -2.23. The number of nitro groups is 1. The van der Waals surface area contributed by atoms with Crippen LogP contribution in [-0.4, -0.2) is 29.5 Å². The third-order valence-electron chi connectivity index (χ3n) is 3.20. The normalized spacial score (nSPS) is 10.2.